The molecule has 2 aromatic carbocycles. The van der Waals surface area contributed by atoms with Crippen LogP contribution in [0.4, 0.5) is 30.7 Å². The summed E-state index contributed by atoms with van der Waals surface area (Å²) in [6.45, 7) is 1.74. The van der Waals surface area contributed by atoms with Crippen LogP contribution in [0.2, 0.25) is 0 Å². The lowest BCUT2D eigenvalue weighted by Gasteiger charge is -2.25. The van der Waals surface area contributed by atoms with Crippen molar-refractivity contribution in [2.45, 2.75) is 43.8 Å². The molecule has 210 valence electrons. The molecule has 12 heteroatoms. The van der Waals surface area contributed by atoms with Crippen LogP contribution in [0.1, 0.15) is 47.6 Å². The maximum Gasteiger partial charge on any atom is 0.416 e. The van der Waals surface area contributed by atoms with Crippen molar-refractivity contribution in [1.82, 2.24) is 4.90 Å². The first-order chi connectivity index (χ1) is 18.2. The molecule has 0 bridgehead atoms. The summed E-state index contributed by atoms with van der Waals surface area (Å²) in [7, 11) is 1.16. The number of halogens is 7. The fourth-order valence-corrected chi connectivity index (χ4v) is 4.93. The molecular formula is C27H24F7NO4. The highest BCUT2D eigenvalue weighted by Crippen LogP contribution is 2.41. The van der Waals surface area contributed by atoms with Crippen LogP contribution in [0.3, 0.4) is 0 Å². The second-order valence-electron chi connectivity index (χ2n) is 9.54. The first kappa shape index (κ1) is 28.6. The fourth-order valence-electron chi connectivity index (χ4n) is 4.93. The Bertz CT molecular complexity index is 1240. The Morgan fingerprint density at radius 3 is 2.10 bits per heavy atom. The van der Waals surface area contributed by atoms with E-state index in [0.29, 0.717) is 23.4 Å². The van der Waals surface area contributed by atoms with Crippen molar-refractivity contribution in [3.63, 3.8) is 0 Å². The first-order valence-electron chi connectivity index (χ1n) is 11.9. The zero-order valence-electron chi connectivity index (χ0n) is 20.8. The molecule has 1 fully saturated rings. The van der Waals surface area contributed by atoms with Crippen molar-refractivity contribution in [2.24, 2.45) is 5.92 Å². The van der Waals surface area contributed by atoms with Crippen LogP contribution in [0.5, 0.6) is 0 Å². The van der Waals surface area contributed by atoms with Crippen molar-refractivity contribution in [3.05, 3.63) is 82.3 Å². The number of carbonyl (C=O) groups is 2. The van der Waals surface area contributed by atoms with Crippen LogP contribution in [0.25, 0.3) is 0 Å². The second kappa shape index (κ2) is 10.6. The fraction of sp³-hybridized carbons (Fsp3) is 0.407. The van der Waals surface area contributed by atoms with Crippen molar-refractivity contribution < 1.29 is 49.8 Å². The molecule has 2 aliphatic rings. The molecule has 0 saturated carbocycles. The van der Waals surface area contributed by atoms with Crippen LogP contribution >= 0.6 is 0 Å². The highest BCUT2D eigenvalue weighted by atomic mass is 19.4. The number of hydrogen-bond acceptors (Lipinski definition) is 5. The SMILES string of the molecule is COC(=O)C1CC(N2CC(OC(C)c3cc(C(F)(F)F)cc(C(F)(F)F)c3)C(c3ccc(F)cc3)C2)=CC1=O. The lowest BCUT2D eigenvalue weighted by molar-refractivity contribution is -0.148. The van der Waals surface area contributed by atoms with Crippen LogP contribution < -0.4 is 0 Å². The zero-order chi connectivity index (χ0) is 28.7. The van der Waals surface area contributed by atoms with E-state index >= 15 is 0 Å². The van der Waals surface area contributed by atoms with Gasteiger partial charge in [0.05, 0.1) is 30.4 Å². The molecule has 5 nitrogen and oxygen atoms in total. The number of methoxy groups -OCH3 is 1. The summed E-state index contributed by atoms with van der Waals surface area (Å²) in [5.74, 6) is -3.08. The van der Waals surface area contributed by atoms with Crippen LogP contribution in [-0.2, 0) is 31.4 Å². The number of esters is 1. The smallest absolute Gasteiger partial charge is 0.416 e. The minimum absolute atomic E-state index is 0.0517. The van der Waals surface area contributed by atoms with Crippen molar-refractivity contribution in [2.75, 3.05) is 20.2 Å². The van der Waals surface area contributed by atoms with Crippen LogP contribution in [0.15, 0.2) is 54.2 Å². The molecule has 4 rings (SSSR count). The van der Waals surface area contributed by atoms with Gasteiger partial charge in [0.2, 0.25) is 0 Å². The third-order valence-electron chi connectivity index (χ3n) is 6.98. The molecule has 39 heavy (non-hydrogen) atoms. The zero-order valence-corrected chi connectivity index (χ0v) is 20.8. The van der Waals surface area contributed by atoms with Gasteiger partial charge in [0.25, 0.3) is 0 Å². The molecule has 1 aliphatic heterocycles. The van der Waals surface area contributed by atoms with E-state index < -0.39 is 65.1 Å². The number of rotatable bonds is 6. The van der Waals surface area contributed by atoms with Gasteiger partial charge in [-0.1, -0.05) is 12.1 Å². The van der Waals surface area contributed by atoms with E-state index in [1.54, 1.807) is 4.90 Å². The molecule has 4 unspecified atom stereocenters. The quantitative estimate of drug-likeness (QED) is 0.245. The molecule has 1 saturated heterocycles. The molecule has 0 amide bonds. The molecule has 0 aromatic heterocycles. The largest absolute Gasteiger partial charge is 0.468 e. The monoisotopic (exact) mass is 559 g/mol. The van der Waals surface area contributed by atoms with Crippen LogP contribution in [-0.4, -0.2) is 43.0 Å². The molecule has 0 radical (unpaired) electrons. The summed E-state index contributed by atoms with van der Waals surface area (Å²) < 4.78 is 105. The van der Waals surface area contributed by atoms with E-state index in [2.05, 4.69) is 4.74 Å². The van der Waals surface area contributed by atoms with Crippen molar-refractivity contribution in [3.8, 4) is 0 Å². The van der Waals surface area contributed by atoms with Gasteiger partial charge in [0.15, 0.2) is 5.78 Å². The standard InChI is InChI=1S/C27H24F7NO4/c1-14(16-7-17(26(29,30)31)9-18(8-16)27(32,33)34)39-24-13-35(12-22(24)15-3-5-19(28)6-4-15)20-10-21(23(36)11-20)25(37)38-2/h3-9,11,14,21-22,24H,10,12-13H2,1-2H3. The first-order valence-corrected chi connectivity index (χ1v) is 11.9. The number of ketones is 1. The minimum atomic E-state index is -5.01. The number of likely N-dealkylation sites (tertiary alicyclic amines) is 1. The number of hydrogen-bond donors (Lipinski definition) is 0. The number of alkyl halides is 6. The van der Waals surface area contributed by atoms with E-state index in [1.807, 2.05) is 0 Å². The molecule has 4 atom stereocenters. The number of ether oxygens (including phenoxy) is 2. The predicted molar refractivity (Wildman–Crippen MR) is 124 cm³/mol. The Kier molecular flexibility index (Phi) is 7.79. The molecular weight excluding hydrogens is 535 g/mol. The third-order valence-corrected chi connectivity index (χ3v) is 6.98. The average molecular weight is 559 g/mol. The van der Waals surface area contributed by atoms with Gasteiger partial charge in [-0.25, -0.2) is 4.39 Å². The Hall–Kier alpha value is -3.41. The number of nitrogens with zero attached hydrogens (tertiary/aromatic N) is 1. The van der Waals surface area contributed by atoms with Gasteiger partial charge in [-0.2, -0.15) is 26.3 Å². The van der Waals surface area contributed by atoms with E-state index in [9.17, 15) is 40.3 Å². The molecule has 1 heterocycles. The Balaban J connectivity index is 1.63. The predicted octanol–water partition coefficient (Wildman–Crippen LogP) is 6.05. The maximum atomic E-state index is 13.6. The Morgan fingerprint density at radius 2 is 1.56 bits per heavy atom. The third kappa shape index (κ3) is 6.26. The average Bonchev–Trinajstić information content (AvgIpc) is 3.46. The summed E-state index contributed by atoms with van der Waals surface area (Å²) in [6, 6.07) is 6.79. The van der Waals surface area contributed by atoms with Gasteiger partial charge in [-0.05, 0) is 48.4 Å². The van der Waals surface area contributed by atoms with E-state index in [1.165, 1.54) is 37.3 Å². The van der Waals surface area contributed by atoms with E-state index in [0.717, 1.165) is 7.11 Å². The lowest BCUT2D eigenvalue weighted by atomic mass is 9.95. The molecule has 0 N–H and O–H groups in total. The summed E-state index contributed by atoms with van der Waals surface area (Å²) in [4.78, 5) is 26.1. The van der Waals surface area contributed by atoms with Gasteiger partial charge < -0.3 is 14.4 Å². The number of benzene rings is 2. The summed E-state index contributed by atoms with van der Waals surface area (Å²) in [5.41, 5.74) is -2.05. The van der Waals surface area contributed by atoms with Gasteiger partial charge in [0, 0.05) is 37.2 Å². The lowest BCUT2D eigenvalue weighted by Crippen LogP contribution is -2.25. The number of allylic oxidation sites excluding steroid dienone is 2. The number of carbonyl (C=O) groups excluding carboxylic acids is 2. The van der Waals surface area contributed by atoms with Crippen LogP contribution in [0, 0.1) is 11.7 Å². The Morgan fingerprint density at radius 1 is 0.974 bits per heavy atom. The van der Waals surface area contributed by atoms with Gasteiger partial charge >= 0.3 is 18.3 Å². The summed E-state index contributed by atoms with van der Waals surface area (Å²) in [5, 5.41) is 0. The second-order valence-corrected chi connectivity index (χ2v) is 9.54. The van der Waals surface area contributed by atoms with E-state index in [-0.39, 0.29) is 31.1 Å². The molecule has 2 aromatic rings. The van der Waals surface area contributed by atoms with E-state index in [4.69, 9.17) is 4.74 Å². The molecule has 0 spiro atoms. The van der Waals surface area contributed by atoms with Crippen molar-refractivity contribution in [1.29, 1.82) is 0 Å². The molecule has 1 aliphatic carbocycles. The van der Waals surface area contributed by atoms with Crippen molar-refractivity contribution >= 4 is 11.8 Å². The summed E-state index contributed by atoms with van der Waals surface area (Å²) >= 11 is 0. The highest BCUT2D eigenvalue weighted by Gasteiger charge is 2.42. The maximum absolute atomic E-state index is 13.6. The van der Waals surface area contributed by atoms with Gasteiger partial charge in [-0.3, -0.25) is 9.59 Å². The Labute approximate surface area is 219 Å². The van der Waals surface area contributed by atoms with Gasteiger partial charge in [-0.15, -0.1) is 0 Å². The normalized spacial score (nSPS) is 22.7. The highest BCUT2D eigenvalue weighted by molar-refractivity contribution is 6.07. The van der Waals surface area contributed by atoms with Gasteiger partial charge in [0.1, 0.15) is 11.7 Å². The topological polar surface area (TPSA) is 55.8 Å². The minimum Gasteiger partial charge on any atom is -0.468 e. The summed E-state index contributed by atoms with van der Waals surface area (Å²) in [6.07, 6.45) is -10.5.